The van der Waals surface area contributed by atoms with Crippen molar-refractivity contribution in [2.75, 3.05) is 6.61 Å². The van der Waals surface area contributed by atoms with Gasteiger partial charge in [0.2, 0.25) is 17.7 Å². The average Bonchev–Trinajstić information content (AvgIpc) is 3.24. The number of nitrogens with two attached hydrogens (primary N) is 1. The van der Waals surface area contributed by atoms with Gasteiger partial charge in [-0.25, -0.2) is 9.18 Å². The number of alkyl halides is 2. The van der Waals surface area contributed by atoms with E-state index in [-0.39, 0.29) is 5.56 Å². The van der Waals surface area contributed by atoms with Gasteiger partial charge in [-0.1, -0.05) is 48.5 Å². The van der Waals surface area contributed by atoms with Crippen LogP contribution in [0.4, 0.5) is 4.39 Å². The number of ether oxygens (including phenoxy) is 1. The molecule has 3 atom stereocenters. The second-order valence-electron chi connectivity index (χ2n) is 10.2. The highest BCUT2D eigenvalue weighted by Crippen LogP contribution is 2.69. The van der Waals surface area contributed by atoms with Gasteiger partial charge in [-0.15, -0.1) is 23.2 Å². The quantitative estimate of drug-likeness (QED) is 0.193. The third kappa shape index (κ3) is 3.75. The van der Waals surface area contributed by atoms with Crippen LogP contribution in [0, 0.1) is 17.7 Å². The number of esters is 1. The van der Waals surface area contributed by atoms with Crippen LogP contribution in [-0.2, 0) is 33.7 Å². The van der Waals surface area contributed by atoms with E-state index < -0.39 is 75.9 Å². The number of imide groups is 1. The van der Waals surface area contributed by atoms with E-state index in [2.05, 4.69) is 0 Å². The van der Waals surface area contributed by atoms with Gasteiger partial charge in [0.25, 0.3) is 0 Å². The molecule has 0 unspecified atom stereocenters. The van der Waals surface area contributed by atoms with Crippen LogP contribution in [0.25, 0.3) is 0 Å². The number of nitrogens with zero attached hydrogens (tertiary/aromatic N) is 1. The lowest BCUT2D eigenvalue weighted by molar-refractivity contribution is -0.159. The molecule has 3 amide bonds. The van der Waals surface area contributed by atoms with Crippen LogP contribution < -0.4 is 5.73 Å². The maximum Gasteiger partial charge on any atom is 0.330 e. The number of hydrogen-bond acceptors (Lipinski definition) is 6. The molecule has 1 aliphatic heterocycles. The van der Waals surface area contributed by atoms with E-state index in [0.29, 0.717) is 27.2 Å². The first kappa shape index (κ1) is 27.1. The maximum absolute atomic E-state index is 14.1. The number of ketones is 1. The van der Waals surface area contributed by atoms with Gasteiger partial charge in [-0.3, -0.25) is 24.1 Å². The molecule has 4 aliphatic rings. The number of carbonyl (C=O) groups excluding carboxylic acids is 5. The highest BCUT2D eigenvalue weighted by Gasteiger charge is 2.73. The van der Waals surface area contributed by atoms with Gasteiger partial charge in [0.05, 0.1) is 18.3 Å². The molecule has 8 nitrogen and oxygen atoms in total. The van der Waals surface area contributed by atoms with Crippen molar-refractivity contribution in [1.82, 2.24) is 4.90 Å². The molecule has 2 bridgehead atoms. The van der Waals surface area contributed by atoms with E-state index in [1.165, 1.54) is 12.1 Å². The second-order valence-corrected chi connectivity index (χ2v) is 11.4. The van der Waals surface area contributed by atoms with Gasteiger partial charge in [0.15, 0.2) is 12.4 Å². The molecule has 1 heterocycles. The number of likely N-dealkylation sites (tertiary alicyclic amines) is 1. The molecule has 0 radical (unpaired) electrons. The van der Waals surface area contributed by atoms with Crippen LogP contribution in [0.1, 0.15) is 39.0 Å². The normalized spacial score (nSPS) is 26.2. The molecule has 2 N–H and O–H groups in total. The Hall–Kier alpha value is -4.08. The zero-order valence-electron chi connectivity index (χ0n) is 21.2. The van der Waals surface area contributed by atoms with Crippen LogP contribution in [0.15, 0.2) is 72.8 Å². The highest BCUT2D eigenvalue weighted by atomic mass is 35.5. The number of benzene rings is 3. The van der Waals surface area contributed by atoms with Gasteiger partial charge in [0.1, 0.15) is 21.6 Å². The summed E-state index contributed by atoms with van der Waals surface area (Å²) in [5.41, 5.74) is 7.75. The number of carbonyl (C=O) groups is 5. The van der Waals surface area contributed by atoms with Crippen molar-refractivity contribution < 1.29 is 33.1 Å². The van der Waals surface area contributed by atoms with E-state index in [0.717, 1.165) is 12.1 Å². The van der Waals surface area contributed by atoms with Crippen molar-refractivity contribution >= 4 is 52.7 Å². The largest absolute Gasteiger partial charge is 0.456 e. The monoisotopic (exact) mass is 594 g/mol. The van der Waals surface area contributed by atoms with Gasteiger partial charge in [-0.05, 0) is 46.5 Å². The molecule has 41 heavy (non-hydrogen) atoms. The van der Waals surface area contributed by atoms with Crippen LogP contribution >= 0.6 is 23.2 Å². The number of hydrogen-bond donors (Lipinski definition) is 1. The zero-order valence-corrected chi connectivity index (χ0v) is 22.7. The van der Waals surface area contributed by atoms with Crippen molar-refractivity contribution in [2.45, 2.75) is 22.2 Å². The zero-order chi connectivity index (χ0) is 29.3. The Morgan fingerprint density at radius 2 is 1.27 bits per heavy atom. The van der Waals surface area contributed by atoms with Crippen LogP contribution in [0.5, 0.6) is 0 Å². The Morgan fingerprint density at radius 3 is 1.68 bits per heavy atom. The van der Waals surface area contributed by atoms with Crippen molar-refractivity contribution in [3.05, 3.63) is 106 Å². The second kappa shape index (κ2) is 9.49. The first-order valence-corrected chi connectivity index (χ1v) is 13.4. The summed E-state index contributed by atoms with van der Waals surface area (Å²) in [7, 11) is 0. The van der Waals surface area contributed by atoms with E-state index >= 15 is 0 Å². The van der Waals surface area contributed by atoms with E-state index in [1.807, 2.05) is 0 Å². The smallest absolute Gasteiger partial charge is 0.330 e. The van der Waals surface area contributed by atoms with Gasteiger partial charge in [-0.2, -0.15) is 0 Å². The lowest BCUT2D eigenvalue weighted by Crippen LogP contribution is -2.57. The molecule has 0 saturated carbocycles. The lowest BCUT2D eigenvalue weighted by atomic mass is 9.54. The molecular weight excluding hydrogens is 574 g/mol. The third-order valence-corrected chi connectivity index (χ3v) is 9.39. The maximum atomic E-state index is 14.1. The predicted octanol–water partition coefficient (Wildman–Crippen LogP) is 3.39. The van der Waals surface area contributed by atoms with Gasteiger partial charge >= 0.3 is 5.97 Å². The summed E-state index contributed by atoms with van der Waals surface area (Å²) < 4.78 is 18.4. The summed E-state index contributed by atoms with van der Waals surface area (Å²) in [6, 6.07) is 16.9. The number of halogens is 3. The SMILES string of the molecule is NC(=O)C[C@H](C(=O)OCC(=O)c1ccc(F)cc1)N1C(=O)[C@H]2[C@H](C1=O)C1(Cl)c3ccccc3C2(Cl)c2ccccc21. The molecule has 0 aromatic heterocycles. The Balaban J connectivity index is 1.38. The van der Waals surface area contributed by atoms with Crippen molar-refractivity contribution in [1.29, 1.82) is 0 Å². The predicted molar refractivity (Wildman–Crippen MR) is 144 cm³/mol. The molecular formula is C30H21Cl2FN2O6. The number of Topliss-reactive ketones (excluding diaryl/α,β-unsaturated/α-hetero) is 1. The van der Waals surface area contributed by atoms with E-state index in [9.17, 15) is 28.4 Å². The number of rotatable bonds is 7. The summed E-state index contributed by atoms with van der Waals surface area (Å²) in [6.07, 6.45) is -0.745. The van der Waals surface area contributed by atoms with Gasteiger partial charge < -0.3 is 10.5 Å². The summed E-state index contributed by atoms with van der Waals surface area (Å²) in [6.45, 7) is -0.779. The Bertz CT molecular complexity index is 1540. The molecule has 11 heteroatoms. The number of primary amides is 1. The summed E-state index contributed by atoms with van der Waals surface area (Å²) in [5, 5.41) is 0. The fraction of sp³-hybridized carbons (Fsp3) is 0.233. The van der Waals surface area contributed by atoms with Crippen LogP contribution in [0.2, 0.25) is 0 Å². The van der Waals surface area contributed by atoms with Crippen LogP contribution in [-0.4, -0.2) is 47.0 Å². The fourth-order valence-corrected chi connectivity index (χ4v) is 7.52. The summed E-state index contributed by atoms with van der Waals surface area (Å²) in [5.74, 6) is -7.41. The fourth-order valence-electron chi connectivity index (χ4n) is 6.42. The molecule has 1 saturated heterocycles. The van der Waals surface area contributed by atoms with Crippen molar-refractivity contribution in [3.63, 3.8) is 0 Å². The summed E-state index contributed by atoms with van der Waals surface area (Å²) in [4.78, 5) is 63.7. The first-order chi connectivity index (χ1) is 19.5. The topological polar surface area (TPSA) is 124 Å². The standard InChI is InChI=1S/C30H21Cl2FN2O6/c31-29-17-5-1-2-6-18(17)30(32,20-8-4-3-7-19(20)29)25-24(29)26(38)35(27(25)39)21(13-23(34)37)28(40)41-14-22(36)15-9-11-16(33)12-10-15/h1-12,21,24-25H,13-14H2,(H2,34,37)/t21-,24-,25-,29?,30?/m1/s1. The van der Waals surface area contributed by atoms with Crippen molar-refractivity contribution in [3.8, 4) is 0 Å². The first-order valence-electron chi connectivity index (χ1n) is 12.7. The molecule has 3 aromatic rings. The van der Waals surface area contributed by atoms with Crippen LogP contribution in [0.3, 0.4) is 0 Å². The minimum atomic E-state index is -1.76. The van der Waals surface area contributed by atoms with E-state index in [1.54, 1.807) is 48.5 Å². The highest BCUT2D eigenvalue weighted by molar-refractivity contribution is 6.36. The minimum absolute atomic E-state index is 0.0743. The van der Waals surface area contributed by atoms with E-state index in [4.69, 9.17) is 33.7 Å². The number of amides is 3. The molecule has 1 fully saturated rings. The lowest BCUT2D eigenvalue weighted by Gasteiger charge is -2.54. The molecule has 208 valence electrons. The van der Waals surface area contributed by atoms with Crippen molar-refractivity contribution in [2.24, 2.45) is 17.6 Å². The minimum Gasteiger partial charge on any atom is -0.456 e. The summed E-state index contributed by atoms with van der Waals surface area (Å²) >= 11 is 14.8. The molecule has 0 spiro atoms. The van der Waals surface area contributed by atoms with Gasteiger partial charge in [0, 0.05) is 5.56 Å². The Labute approximate surface area is 243 Å². The Kier molecular flexibility index (Phi) is 6.28. The average molecular weight is 595 g/mol. The molecule has 7 rings (SSSR count). The third-order valence-electron chi connectivity index (χ3n) is 8.11. The molecule has 3 aliphatic carbocycles. The molecule has 3 aromatic carbocycles. The Morgan fingerprint density at radius 1 is 0.829 bits per heavy atom.